The second-order valence-electron chi connectivity index (χ2n) is 4.28. The summed E-state index contributed by atoms with van der Waals surface area (Å²) in [5.41, 5.74) is 0.985. The van der Waals surface area contributed by atoms with Gasteiger partial charge in [-0.2, -0.15) is 8.42 Å². The monoisotopic (exact) mass is 318 g/mol. The quantitative estimate of drug-likeness (QED) is 0.372. The molecule has 0 heterocycles. The third-order valence-corrected chi connectivity index (χ3v) is 3.97. The molecule has 0 aliphatic heterocycles. The molecule has 0 fully saturated rings. The minimum atomic E-state index is -3.74. The Balaban J connectivity index is 2.33. The largest absolute Gasteiger partial charge is 0.374 e. The van der Waals surface area contributed by atoms with Gasteiger partial charge in [0.1, 0.15) is 0 Å². The van der Waals surface area contributed by atoms with Crippen molar-refractivity contribution in [2.45, 2.75) is 25.0 Å². The predicted octanol–water partition coefficient (Wildman–Crippen LogP) is 1.73. The summed E-state index contributed by atoms with van der Waals surface area (Å²) in [5, 5.41) is 0. The lowest BCUT2D eigenvalue weighted by atomic mass is 10.2. The SMILES string of the molecule is CCOC(COCCOS(=O)(=O)c1ccc(C)cc1)OC. The molecule has 0 aliphatic carbocycles. The molecule has 6 nitrogen and oxygen atoms in total. The summed E-state index contributed by atoms with van der Waals surface area (Å²) in [5.74, 6) is 0. The normalized spacial score (nSPS) is 13.3. The van der Waals surface area contributed by atoms with Gasteiger partial charge in [0.25, 0.3) is 10.1 Å². The Kier molecular flexibility index (Phi) is 7.84. The molecule has 7 heteroatoms. The van der Waals surface area contributed by atoms with Crippen molar-refractivity contribution in [3.8, 4) is 0 Å². The average molecular weight is 318 g/mol. The summed E-state index contributed by atoms with van der Waals surface area (Å²) < 4.78 is 44.1. The zero-order chi connectivity index (χ0) is 15.7. The maximum atomic E-state index is 11.9. The molecular weight excluding hydrogens is 296 g/mol. The predicted molar refractivity (Wildman–Crippen MR) is 77.6 cm³/mol. The first kappa shape index (κ1) is 18.1. The Morgan fingerprint density at radius 3 is 2.38 bits per heavy atom. The molecule has 0 spiro atoms. The highest BCUT2D eigenvalue weighted by atomic mass is 32.2. The fourth-order valence-corrected chi connectivity index (χ4v) is 2.42. The van der Waals surface area contributed by atoms with Crippen LogP contribution in [-0.2, 0) is 28.5 Å². The van der Waals surface area contributed by atoms with Crippen LogP contribution in [0.2, 0.25) is 0 Å². The molecular formula is C14H22O6S. The average Bonchev–Trinajstić information content (AvgIpc) is 2.46. The summed E-state index contributed by atoms with van der Waals surface area (Å²) in [6.45, 7) is 4.55. The number of hydrogen-bond acceptors (Lipinski definition) is 6. The molecule has 0 N–H and O–H groups in total. The number of ether oxygens (including phenoxy) is 3. The first-order valence-corrected chi connectivity index (χ1v) is 8.08. The minimum Gasteiger partial charge on any atom is -0.374 e. The molecule has 0 aromatic heterocycles. The highest BCUT2D eigenvalue weighted by molar-refractivity contribution is 7.86. The van der Waals surface area contributed by atoms with Crippen LogP contribution in [0.4, 0.5) is 0 Å². The van der Waals surface area contributed by atoms with Crippen LogP contribution in [0.3, 0.4) is 0 Å². The van der Waals surface area contributed by atoms with Crippen molar-refractivity contribution in [2.24, 2.45) is 0 Å². The van der Waals surface area contributed by atoms with E-state index >= 15 is 0 Å². The second kappa shape index (κ2) is 9.11. The van der Waals surface area contributed by atoms with Gasteiger partial charge in [0.2, 0.25) is 0 Å². The first-order valence-electron chi connectivity index (χ1n) is 6.68. The lowest BCUT2D eigenvalue weighted by Crippen LogP contribution is -2.23. The smallest absolute Gasteiger partial charge is 0.297 e. The minimum absolute atomic E-state index is 0.0568. The molecule has 21 heavy (non-hydrogen) atoms. The van der Waals surface area contributed by atoms with Crippen LogP contribution in [0, 0.1) is 6.92 Å². The van der Waals surface area contributed by atoms with Gasteiger partial charge in [-0.3, -0.25) is 4.18 Å². The van der Waals surface area contributed by atoms with E-state index < -0.39 is 16.4 Å². The van der Waals surface area contributed by atoms with E-state index in [1.165, 1.54) is 19.2 Å². The van der Waals surface area contributed by atoms with E-state index in [1.54, 1.807) is 12.1 Å². The topological polar surface area (TPSA) is 71.1 Å². The van der Waals surface area contributed by atoms with Gasteiger partial charge in [0.15, 0.2) is 6.29 Å². The van der Waals surface area contributed by atoms with E-state index in [4.69, 9.17) is 18.4 Å². The van der Waals surface area contributed by atoms with Crippen molar-refractivity contribution in [3.63, 3.8) is 0 Å². The number of aryl methyl sites for hydroxylation is 1. The van der Waals surface area contributed by atoms with Crippen LogP contribution in [0.15, 0.2) is 29.2 Å². The van der Waals surface area contributed by atoms with Crippen molar-refractivity contribution in [1.29, 1.82) is 0 Å². The number of hydrogen-bond donors (Lipinski definition) is 0. The van der Waals surface area contributed by atoms with Crippen molar-refractivity contribution in [1.82, 2.24) is 0 Å². The fourth-order valence-electron chi connectivity index (χ4n) is 1.53. The van der Waals surface area contributed by atoms with Crippen molar-refractivity contribution in [2.75, 3.05) is 33.5 Å². The van der Waals surface area contributed by atoms with Crippen LogP contribution >= 0.6 is 0 Å². The van der Waals surface area contributed by atoms with Gasteiger partial charge < -0.3 is 14.2 Å². The van der Waals surface area contributed by atoms with Gasteiger partial charge in [-0.15, -0.1) is 0 Å². The molecule has 0 saturated carbocycles. The maximum Gasteiger partial charge on any atom is 0.297 e. The summed E-state index contributed by atoms with van der Waals surface area (Å²) >= 11 is 0. The van der Waals surface area contributed by atoms with E-state index in [0.717, 1.165) is 5.56 Å². The zero-order valence-electron chi connectivity index (χ0n) is 12.6. The molecule has 1 aromatic rings. The van der Waals surface area contributed by atoms with E-state index in [9.17, 15) is 8.42 Å². The molecule has 1 rings (SSSR count). The highest BCUT2D eigenvalue weighted by Crippen LogP contribution is 2.12. The molecule has 120 valence electrons. The molecule has 1 aromatic carbocycles. The lowest BCUT2D eigenvalue weighted by molar-refractivity contribution is -0.155. The van der Waals surface area contributed by atoms with E-state index in [1.807, 2.05) is 13.8 Å². The maximum absolute atomic E-state index is 11.9. The molecule has 0 amide bonds. The van der Waals surface area contributed by atoms with Crippen LogP contribution in [-0.4, -0.2) is 48.2 Å². The Morgan fingerprint density at radius 1 is 1.14 bits per heavy atom. The van der Waals surface area contributed by atoms with Crippen molar-refractivity contribution >= 4 is 10.1 Å². The summed E-state index contributed by atoms with van der Waals surface area (Å²) in [6, 6.07) is 6.47. The molecule has 0 aliphatic rings. The Morgan fingerprint density at radius 2 is 1.81 bits per heavy atom. The van der Waals surface area contributed by atoms with Crippen molar-refractivity contribution in [3.05, 3.63) is 29.8 Å². The van der Waals surface area contributed by atoms with Gasteiger partial charge in [0, 0.05) is 13.7 Å². The van der Waals surface area contributed by atoms with Crippen molar-refractivity contribution < 1.29 is 26.8 Å². The van der Waals surface area contributed by atoms with Gasteiger partial charge in [-0.25, -0.2) is 0 Å². The number of methoxy groups -OCH3 is 1. The van der Waals surface area contributed by atoms with Crippen LogP contribution in [0.25, 0.3) is 0 Å². The fraction of sp³-hybridized carbons (Fsp3) is 0.571. The third-order valence-electron chi connectivity index (χ3n) is 2.65. The summed E-state index contributed by atoms with van der Waals surface area (Å²) in [7, 11) is -2.22. The van der Waals surface area contributed by atoms with Crippen LogP contribution in [0.1, 0.15) is 12.5 Å². The van der Waals surface area contributed by atoms with E-state index in [2.05, 4.69) is 0 Å². The second-order valence-corrected chi connectivity index (χ2v) is 5.90. The Bertz CT molecular complexity index is 497. The molecule has 1 unspecified atom stereocenters. The van der Waals surface area contributed by atoms with Crippen LogP contribution < -0.4 is 0 Å². The molecule has 0 radical (unpaired) electrons. The Hall–Kier alpha value is -0.990. The standard InChI is InChI=1S/C14H22O6S/c1-4-19-14(17-3)11-18-9-10-20-21(15,16)13-7-5-12(2)6-8-13/h5-8,14H,4,9-11H2,1-3H3. The summed E-state index contributed by atoms with van der Waals surface area (Å²) in [6.07, 6.45) is -0.455. The van der Waals surface area contributed by atoms with E-state index in [-0.39, 0.29) is 24.7 Å². The lowest BCUT2D eigenvalue weighted by Gasteiger charge is -2.15. The van der Waals surface area contributed by atoms with Gasteiger partial charge in [-0.05, 0) is 26.0 Å². The molecule has 0 saturated heterocycles. The highest BCUT2D eigenvalue weighted by Gasteiger charge is 2.14. The zero-order valence-corrected chi connectivity index (χ0v) is 13.4. The third kappa shape index (κ3) is 6.54. The first-order chi connectivity index (χ1) is 9.99. The number of rotatable bonds is 10. The van der Waals surface area contributed by atoms with Crippen LogP contribution in [0.5, 0.6) is 0 Å². The Labute approximate surface area is 126 Å². The molecule has 1 atom stereocenters. The van der Waals surface area contributed by atoms with E-state index in [0.29, 0.717) is 6.61 Å². The molecule has 0 bridgehead atoms. The number of benzene rings is 1. The summed E-state index contributed by atoms with van der Waals surface area (Å²) in [4.78, 5) is 0.136. The van der Waals surface area contributed by atoms with Gasteiger partial charge >= 0.3 is 0 Å². The van der Waals surface area contributed by atoms with Gasteiger partial charge in [0.05, 0.1) is 24.7 Å². The van der Waals surface area contributed by atoms with Gasteiger partial charge in [-0.1, -0.05) is 17.7 Å².